The van der Waals surface area contributed by atoms with Gasteiger partial charge in [-0.1, -0.05) is 12.1 Å². The molecule has 0 unspecified atom stereocenters. The molecule has 1 saturated heterocycles. The van der Waals surface area contributed by atoms with Crippen molar-refractivity contribution in [2.75, 3.05) is 14.2 Å². The summed E-state index contributed by atoms with van der Waals surface area (Å²) in [5.41, 5.74) is 0.835. The van der Waals surface area contributed by atoms with E-state index in [2.05, 4.69) is 0 Å². The molecule has 2 amide bonds. The molecule has 0 N–H and O–H groups in total. The minimum absolute atomic E-state index is 0.127. The Bertz CT molecular complexity index is 442. The second-order valence-corrected chi connectivity index (χ2v) is 3.82. The Kier molecular flexibility index (Phi) is 2.64. The van der Waals surface area contributed by atoms with Gasteiger partial charge in [-0.25, -0.2) is 0 Å². The van der Waals surface area contributed by atoms with E-state index >= 15 is 0 Å². The first-order valence-electron chi connectivity index (χ1n) is 5.08. The third-order valence-corrected chi connectivity index (χ3v) is 2.88. The summed E-state index contributed by atoms with van der Waals surface area (Å²) in [4.78, 5) is 24.4. The van der Waals surface area contributed by atoms with E-state index in [-0.39, 0.29) is 24.2 Å². The smallest absolute Gasteiger partial charge is 0.236 e. The third-order valence-electron chi connectivity index (χ3n) is 2.88. The zero-order chi connectivity index (χ0) is 11.7. The number of imide groups is 1. The van der Waals surface area contributed by atoms with Crippen molar-refractivity contribution in [3.8, 4) is 5.75 Å². The molecule has 1 atom stereocenters. The van der Waals surface area contributed by atoms with Crippen LogP contribution in [0.15, 0.2) is 24.3 Å². The van der Waals surface area contributed by atoms with Gasteiger partial charge in [-0.3, -0.25) is 14.5 Å². The predicted octanol–water partition coefficient (Wildman–Crippen LogP) is 1.17. The lowest BCUT2D eigenvalue weighted by molar-refractivity contribution is -0.137. The zero-order valence-corrected chi connectivity index (χ0v) is 9.27. The summed E-state index contributed by atoms with van der Waals surface area (Å²) in [5.74, 6) is 0.0796. The Hall–Kier alpha value is -1.84. The number of likely N-dealkylation sites (tertiary alicyclic amines) is 1. The Labute approximate surface area is 93.8 Å². The molecule has 4 heteroatoms. The maximum absolute atomic E-state index is 11.8. The van der Waals surface area contributed by atoms with Crippen LogP contribution in [0.25, 0.3) is 0 Å². The SMILES string of the molecule is COc1cccc([C@H]2CC(=O)N(C)C2=O)c1. The lowest BCUT2D eigenvalue weighted by atomic mass is 9.97. The molecule has 84 valence electrons. The average molecular weight is 219 g/mol. The van der Waals surface area contributed by atoms with Gasteiger partial charge >= 0.3 is 0 Å². The van der Waals surface area contributed by atoms with Crippen molar-refractivity contribution in [2.24, 2.45) is 0 Å². The van der Waals surface area contributed by atoms with Gasteiger partial charge in [0.05, 0.1) is 13.0 Å². The summed E-state index contributed by atoms with van der Waals surface area (Å²) in [6.45, 7) is 0. The number of hydrogen-bond donors (Lipinski definition) is 0. The molecule has 1 fully saturated rings. The molecule has 1 aromatic carbocycles. The van der Waals surface area contributed by atoms with Gasteiger partial charge in [-0.15, -0.1) is 0 Å². The molecule has 0 aromatic heterocycles. The first kappa shape index (κ1) is 10.7. The van der Waals surface area contributed by atoms with Gasteiger partial charge < -0.3 is 4.74 Å². The van der Waals surface area contributed by atoms with E-state index in [9.17, 15) is 9.59 Å². The van der Waals surface area contributed by atoms with Gasteiger partial charge in [0.15, 0.2) is 0 Å². The largest absolute Gasteiger partial charge is 0.497 e. The Balaban J connectivity index is 2.31. The van der Waals surface area contributed by atoms with E-state index < -0.39 is 0 Å². The second-order valence-electron chi connectivity index (χ2n) is 3.82. The molecular weight excluding hydrogens is 206 g/mol. The first-order chi connectivity index (χ1) is 7.63. The minimum atomic E-state index is -0.354. The molecular formula is C12H13NO3. The van der Waals surface area contributed by atoms with Crippen LogP contribution in [0, 0.1) is 0 Å². The number of carbonyl (C=O) groups excluding carboxylic acids is 2. The molecule has 4 nitrogen and oxygen atoms in total. The molecule has 1 aromatic rings. The molecule has 0 aliphatic carbocycles. The highest BCUT2D eigenvalue weighted by atomic mass is 16.5. The topological polar surface area (TPSA) is 46.6 Å². The maximum Gasteiger partial charge on any atom is 0.236 e. The van der Waals surface area contributed by atoms with Crippen LogP contribution in [0.5, 0.6) is 5.75 Å². The number of rotatable bonds is 2. The average Bonchev–Trinajstić information content (AvgIpc) is 2.57. The molecule has 0 radical (unpaired) electrons. The number of carbonyl (C=O) groups is 2. The lowest BCUT2D eigenvalue weighted by Gasteiger charge is -2.10. The maximum atomic E-state index is 11.8. The van der Waals surface area contributed by atoms with Crippen LogP contribution in [-0.4, -0.2) is 30.9 Å². The van der Waals surface area contributed by atoms with Crippen LogP contribution >= 0.6 is 0 Å². The highest BCUT2D eigenvalue weighted by Crippen LogP contribution is 2.30. The molecule has 1 aliphatic rings. The number of nitrogens with zero attached hydrogens (tertiary/aromatic N) is 1. The number of amides is 2. The minimum Gasteiger partial charge on any atom is -0.497 e. The number of methoxy groups -OCH3 is 1. The summed E-state index contributed by atoms with van der Waals surface area (Å²) in [7, 11) is 3.09. The Morgan fingerprint density at radius 2 is 2.12 bits per heavy atom. The Morgan fingerprint density at radius 3 is 2.69 bits per heavy atom. The number of hydrogen-bond acceptors (Lipinski definition) is 3. The molecule has 0 bridgehead atoms. The van der Waals surface area contributed by atoms with Crippen LogP contribution in [-0.2, 0) is 9.59 Å². The molecule has 1 aliphatic heterocycles. The van der Waals surface area contributed by atoms with E-state index in [1.807, 2.05) is 18.2 Å². The van der Waals surface area contributed by atoms with Crippen LogP contribution in [0.1, 0.15) is 17.9 Å². The molecule has 0 spiro atoms. The van der Waals surface area contributed by atoms with E-state index in [1.165, 1.54) is 11.9 Å². The number of benzene rings is 1. The van der Waals surface area contributed by atoms with Crippen molar-refractivity contribution in [2.45, 2.75) is 12.3 Å². The summed E-state index contributed by atoms with van der Waals surface area (Å²) in [6.07, 6.45) is 0.252. The van der Waals surface area contributed by atoms with Crippen molar-refractivity contribution < 1.29 is 14.3 Å². The van der Waals surface area contributed by atoms with Crippen molar-refractivity contribution >= 4 is 11.8 Å². The fourth-order valence-corrected chi connectivity index (χ4v) is 1.87. The van der Waals surface area contributed by atoms with Crippen molar-refractivity contribution in [1.82, 2.24) is 4.90 Å². The van der Waals surface area contributed by atoms with Gasteiger partial charge in [0, 0.05) is 13.5 Å². The van der Waals surface area contributed by atoms with Crippen molar-refractivity contribution in [3.63, 3.8) is 0 Å². The monoisotopic (exact) mass is 219 g/mol. The summed E-state index contributed by atoms with van der Waals surface area (Å²) in [6, 6.07) is 7.28. The number of ether oxygens (including phenoxy) is 1. The second kappa shape index (κ2) is 3.96. The van der Waals surface area contributed by atoms with Crippen LogP contribution in [0.2, 0.25) is 0 Å². The van der Waals surface area contributed by atoms with Gasteiger partial charge in [-0.2, -0.15) is 0 Å². The van der Waals surface area contributed by atoms with Crippen molar-refractivity contribution in [3.05, 3.63) is 29.8 Å². The van der Waals surface area contributed by atoms with Gasteiger partial charge in [-0.05, 0) is 17.7 Å². The zero-order valence-electron chi connectivity index (χ0n) is 9.27. The predicted molar refractivity (Wildman–Crippen MR) is 58.1 cm³/mol. The quantitative estimate of drug-likeness (QED) is 0.701. The summed E-state index contributed by atoms with van der Waals surface area (Å²) >= 11 is 0. The normalized spacial score (nSPS) is 20.4. The molecule has 1 heterocycles. The van der Waals surface area contributed by atoms with E-state index in [4.69, 9.17) is 4.74 Å². The van der Waals surface area contributed by atoms with Crippen molar-refractivity contribution in [1.29, 1.82) is 0 Å². The fraction of sp³-hybridized carbons (Fsp3) is 0.333. The van der Waals surface area contributed by atoms with Crippen LogP contribution in [0.4, 0.5) is 0 Å². The molecule has 0 saturated carbocycles. The highest BCUT2D eigenvalue weighted by Gasteiger charge is 2.36. The fourth-order valence-electron chi connectivity index (χ4n) is 1.87. The van der Waals surface area contributed by atoms with E-state index in [0.717, 1.165) is 5.56 Å². The summed E-state index contributed by atoms with van der Waals surface area (Å²) < 4.78 is 5.09. The van der Waals surface area contributed by atoms with E-state index in [1.54, 1.807) is 13.2 Å². The lowest BCUT2D eigenvalue weighted by Crippen LogP contribution is -2.25. The molecule has 2 rings (SSSR count). The number of likely N-dealkylation sites (N-methyl/N-ethyl adjacent to an activating group) is 1. The van der Waals surface area contributed by atoms with Gasteiger partial charge in [0.2, 0.25) is 11.8 Å². The third kappa shape index (κ3) is 1.66. The highest BCUT2D eigenvalue weighted by molar-refractivity contribution is 6.05. The molecule has 16 heavy (non-hydrogen) atoms. The summed E-state index contributed by atoms with van der Waals surface area (Å²) in [5, 5.41) is 0. The van der Waals surface area contributed by atoms with Gasteiger partial charge in [0.25, 0.3) is 0 Å². The van der Waals surface area contributed by atoms with E-state index in [0.29, 0.717) is 5.75 Å². The van der Waals surface area contributed by atoms with Crippen LogP contribution in [0.3, 0.4) is 0 Å². The standard InChI is InChI=1S/C12H13NO3/c1-13-11(14)7-10(12(13)15)8-4-3-5-9(6-8)16-2/h3-6,10H,7H2,1-2H3/t10-/m1/s1. The van der Waals surface area contributed by atoms with Crippen LogP contribution < -0.4 is 4.74 Å². The Morgan fingerprint density at radius 1 is 1.38 bits per heavy atom. The first-order valence-corrected chi connectivity index (χ1v) is 5.08. The van der Waals surface area contributed by atoms with Gasteiger partial charge in [0.1, 0.15) is 5.75 Å².